The first kappa shape index (κ1) is 17.9. The molecule has 0 aliphatic heterocycles. The zero-order valence-corrected chi connectivity index (χ0v) is 16.3. The van der Waals surface area contributed by atoms with Gasteiger partial charge < -0.3 is 15.0 Å². The molecule has 0 aliphatic rings. The number of methoxy groups -OCH3 is 1. The summed E-state index contributed by atoms with van der Waals surface area (Å²) in [6.07, 6.45) is 3.68. The van der Waals surface area contributed by atoms with Crippen molar-refractivity contribution >= 4 is 17.2 Å². The number of rotatable bonds is 6. The van der Waals surface area contributed by atoms with Crippen molar-refractivity contribution in [2.24, 2.45) is 0 Å². The molecule has 0 atom stereocenters. The second-order valence-corrected chi connectivity index (χ2v) is 6.77. The highest BCUT2D eigenvalue weighted by Crippen LogP contribution is 2.28. The molecule has 2 aromatic heterocycles. The third-order valence-electron chi connectivity index (χ3n) is 4.71. The van der Waals surface area contributed by atoms with Gasteiger partial charge in [-0.15, -0.1) is 0 Å². The molecule has 4 rings (SSSR count). The summed E-state index contributed by atoms with van der Waals surface area (Å²) in [5.41, 5.74) is 5.25. The van der Waals surface area contributed by atoms with Gasteiger partial charge in [0.1, 0.15) is 11.6 Å². The topological polar surface area (TPSA) is 54.7 Å². The minimum atomic E-state index is 0.689. The number of hydrogen-bond donors (Lipinski definition) is 1. The third kappa shape index (κ3) is 3.49. The Bertz CT molecular complexity index is 1090. The zero-order valence-electron chi connectivity index (χ0n) is 16.3. The highest BCUT2D eigenvalue weighted by Gasteiger charge is 2.11. The number of nitrogens with one attached hydrogen (secondary N) is 1. The number of ether oxygens (including phenoxy) is 1. The molecule has 2 aromatic carbocycles. The van der Waals surface area contributed by atoms with Gasteiger partial charge in [-0.05, 0) is 41.5 Å². The van der Waals surface area contributed by atoms with E-state index < -0.39 is 0 Å². The van der Waals surface area contributed by atoms with Crippen LogP contribution in [0.15, 0.2) is 67.0 Å². The lowest BCUT2D eigenvalue weighted by atomic mass is 10.1. The molecule has 6 heteroatoms. The van der Waals surface area contributed by atoms with Gasteiger partial charge in [0.25, 0.3) is 0 Å². The van der Waals surface area contributed by atoms with Crippen LogP contribution in [0.5, 0.6) is 5.75 Å². The van der Waals surface area contributed by atoms with E-state index in [1.54, 1.807) is 7.11 Å². The van der Waals surface area contributed by atoms with E-state index in [2.05, 4.69) is 44.6 Å². The zero-order chi connectivity index (χ0) is 19.5. The first-order valence-electron chi connectivity index (χ1n) is 9.13. The van der Waals surface area contributed by atoms with Crippen molar-refractivity contribution in [1.82, 2.24) is 14.6 Å². The highest BCUT2D eigenvalue weighted by atomic mass is 16.5. The molecule has 0 saturated carbocycles. The summed E-state index contributed by atoms with van der Waals surface area (Å²) in [6, 6.07) is 18.3. The van der Waals surface area contributed by atoms with Crippen molar-refractivity contribution in [1.29, 1.82) is 0 Å². The van der Waals surface area contributed by atoms with Gasteiger partial charge in [0, 0.05) is 38.1 Å². The average molecular weight is 373 g/mol. The maximum Gasteiger partial charge on any atom is 0.165 e. The summed E-state index contributed by atoms with van der Waals surface area (Å²) in [5, 5.41) is 8.01. The number of nitrogens with zero attached hydrogens (tertiary/aromatic N) is 4. The summed E-state index contributed by atoms with van der Waals surface area (Å²) in [6.45, 7) is 0.689. The van der Waals surface area contributed by atoms with Crippen LogP contribution in [0.1, 0.15) is 5.56 Å². The molecule has 0 fully saturated rings. The first-order chi connectivity index (χ1) is 13.7. The smallest absolute Gasteiger partial charge is 0.165 e. The van der Waals surface area contributed by atoms with Crippen LogP contribution in [-0.4, -0.2) is 35.8 Å². The Labute approximate surface area is 164 Å². The normalized spacial score (nSPS) is 10.8. The van der Waals surface area contributed by atoms with Gasteiger partial charge in [-0.2, -0.15) is 9.61 Å². The van der Waals surface area contributed by atoms with E-state index in [0.29, 0.717) is 6.54 Å². The Balaban J connectivity index is 1.62. The number of aromatic nitrogens is 3. The van der Waals surface area contributed by atoms with Crippen LogP contribution < -0.4 is 15.0 Å². The molecule has 28 heavy (non-hydrogen) atoms. The van der Waals surface area contributed by atoms with Gasteiger partial charge in [0.15, 0.2) is 5.65 Å². The lowest BCUT2D eigenvalue weighted by Gasteiger charge is -2.13. The summed E-state index contributed by atoms with van der Waals surface area (Å²) >= 11 is 0. The minimum absolute atomic E-state index is 0.689. The Hall–Kier alpha value is -3.54. The fourth-order valence-electron chi connectivity index (χ4n) is 3.12. The molecular formula is C22H23N5O. The molecule has 6 nitrogen and oxygen atoms in total. The van der Waals surface area contributed by atoms with Crippen LogP contribution in [0.3, 0.4) is 0 Å². The Morgan fingerprint density at radius 2 is 1.89 bits per heavy atom. The van der Waals surface area contributed by atoms with Gasteiger partial charge in [-0.3, -0.25) is 0 Å². The number of anilines is 2. The van der Waals surface area contributed by atoms with Gasteiger partial charge in [-0.1, -0.05) is 24.3 Å². The molecule has 142 valence electrons. The van der Waals surface area contributed by atoms with E-state index in [9.17, 15) is 0 Å². The molecular weight excluding hydrogens is 350 g/mol. The molecule has 0 saturated heterocycles. The maximum atomic E-state index is 5.21. The summed E-state index contributed by atoms with van der Waals surface area (Å²) in [4.78, 5) is 6.65. The molecule has 0 spiro atoms. The maximum absolute atomic E-state index is 5.21. The Morgan fingerprint density at radius 1 is 1.07 bits per heavy atom. The van der Waals surface area contributed by atoms with Crippen LogP contribution >= 0.6 is 0 Å². The fraction of sp³-hybridized carbons (Fsp3) is 0.182. The lowest BCUT2D eigenvalue weighted by molar-refractivity contribution is 0.414. The summed E-state index contributed by atoms with van der Waals surface area (Å²) in [7, 11) is 5.74. The van der Waals surface area contributed by atoms with Gasteiger partial charge in [0.05, 0.1) is 13.3 Å². The lowest BCUT2D eigenvalue weighted by Crippen LogP contribution is -2.08. The quantitative estimate of drug-likeness (QED) is 0.552. The number of hydrogen-bond acceptors (Lipinski definition) is 5. The summed E-state index contributed by atoms with van der Waals surface area (Å²) < 4.78 is 7.06. The molecule has 4 aromatic rings. The van der Waals surface area contributed by atoms with E-state index in [1.165, 1.54) is 0 Å². The molecule has 0 amide bonds. The number of fused-ring (bicyclic) bond motifs is 1. The van der Waals surface area contributed by atoms with Crippen LogP contribution in [0.4, 0.5) is 11.5 Å². The van der Waals surface area contributed by atoms with Gasteiger partial charge in [0.2, 0.25) is 0 Å². The van der Waals surface area contributed by atoms with Crippen molar-refractivity contribution in [2.75, 3.05) is 31.4 Å². The second kappa shape index (κ2) is 7.60. The Morgan fingerprint density at radius 3 is 2.64 bits per heavy atom. The molecule has 1 N–H and O–H groups in total. The molecule has 0 radical (unpaired) electrons. The van der Waals surface area contributed by atoms with Crippen molar-refractivity contribution in [3.8, 4) is 16.9 Å². The van der Waals surface area contributed by atoms with Crippen LogP contribution in [0.25, 0.3) is 16.8 Å². The SMILES string of the molecule is COc1ccc(CNc2ccnc3c(-c4cccc(N(C)C)c4)cnn23)cc1. The van der Waals surface area contributed by atoms with E-state index in [-0.39, 0.29) is 0 Å². The molecule has 0 aliphatic carbocycles. The Kier molecular flexibility index (Phi) is 4.85. The minimum Gasteiger partial charge on any atom is -0.497 e. The third-order valence-corrected chi connectivity index (χ3v) is 4.71. The van der Waals surface area contributed by atoms with Crippen LogP contribution in [0, 0.1) is 0 Å². The van der Waals surface area contributed by atoms with E-state index in [1.807, 2.05) is 61.3 Å². The standard InChI is InChI=1S/C22H23N5O/c1-26(2)18-6-4-5-17(13-18)20-15-25-27-21(11-12-23-22(20)27)24-14-16-7-9-19(28-3)10-8-16/h4-13,15,24H,14H2,1-3H3. The van der Waals surface area contributed by atoms with Crippen molar-refractivity contribution < 1.29 is 4.74 Å². The van der Waals surface area contributed by atoms with Gasteiger partial charge >= 0.3 is 0 Å². The summed E-state index contributed by atoms with van der Waals surface area (Å²) in [5.74, 6) is 1.75. The first-order valence-corrected chi connectivity index (χ1v) is 9.13. The van der Waals surface area contributed by atoms with Crippen molar-refractivity contribution in [3.05, 3.63) is 72.6 Å². The predicted molar refractivity (Wildman–Crippen MR) is 113 cm³/mol. The molecule has 0 unspecified atom stereocenters. The van der Waals surface area contributed by atoms with Gasteiger partial charge in [-0.25, -0.2) is 4.98 Å². The molecule has 0 bridgehead atoms. The average Bonchev–Trinajstić information content (AvgIpc) is 3.17. The fourth-order valence-corrected chi connectivity index (χ4v) is 3.12. The predicted octanol–water partition coefficient (Wildman–Crippen LogP) is 4.08. The van der Waals surface area contributed by atoms with E-state index in [4.69, 9.17) is 4.74 Å². The van der Waals surface area contributed by atoms with Crippen LogP contribution in [-0.2, 0) is 6.54 Å². The van der Waals surface area contributed by atoms with E-state index in [0.717, 1.165) is 39.6 Å². The monoisotopic (exact) mass is 373 g/mol. The van der Waals surface area contributed by atoms with Crippen molar-refractivity contribution in [2.45, 2.75) is 6.54 Å². The molecule has 2 heterocycles. The largest absolute Gasteiger partial charge is 0.497 e. The number of benzene rings is 2. The van der Waals surface area contributed by atoms with Crippen LogP contribution in [0.2, 0.25) is 0 Å². The van der Waals surface area contributed by atoms with E-state index >= 15 is 0 Å². The second-order valence-electron chi connectivity index (χ2n) is 6.77. The van der Waals surface area contributed by atoms with Crippen molar-refractivity contribution in [3.63, 3.8) is 0 Å². The highest BCUT2D eigenvalue weighted by molar-refractivity contribution is 5.79.